The standard InChI is InChI=1S/C20H17N5OS/c26-19-16-12-25(11-15-9-13-3-2-7-22-20(13)27-15)8-5-17(16)23-18(24-19)14-4-1-6-21-10-14/h1-4,6-7,9-10H,5,8,11-12H2,(H,23,24,26). The Kier molecular flexibility index (Phi) is 4.03. The molecule has 0 unspecified atom stereocenters. The fraction of sp³-hybridized carbons (Fsp3) is 0.200. The largest absolute Gasteiger partial charge is 0.306 e. The Balaban J connectivity index is 1.40. The molecule has 1 aliphatic heterocycles. The number of hydrogen-bond donors (Lipinski definition) is 1. The average molecular weight is 375 g/mol. The number of fused-ring (bicyclic) bond motifs is 2. The summed E-state index contributed by atoms with van der Waals surface area (Å²) in [5.74, 6) is 0.593. The number of aromatic amines is 1. The van der Waals surface area contributed by atoms with E-state index in [0.29, 0.717) is 12.4 Å². The molecule has 1 aliphatic rings. The van der Waals surface area contributed by atoms with Crippen molar-refractivity contribution < 1.29 is 0 Å². The molecule has 0 saturated heterocycles. The van der Waals surface area contributed by atoms with Crippen LogP contribution in [0.15, 0.2) is 53.7 Å². The quantitative estimate of drug-likeness (QED) is 0.596. The van der Waals surface area contributed by atoms with Crippen LogP contribution >= 0.6 is 11.3 Å². The van der Waals surface area contributed by atoms with Crippen molar-refractivity contribution in [3.8, 4) is 11.4 Å². The summed E-state index contributed by atoms with van der Waals surface area (Å²) < 4.78 is 0. The molecule has 0 aliphatic carbocycles. The van der Waals surface area contributed by atoms with Crippen LogP contribution in [0, 0.1) is 0 Å². The second-order valence-electron chi connectivity index (χ2n) is 6.65. The first kappa shape index (κ1) is 16.3. The van der Waals surface area contributed by atoms with Gasteiger partial charge in [-0.3, -0.25) is 14.7 Å². The van der Waals surface area contributed by atoms with Crippen molar-refractivity contribution in [3.05, 3.63) is 75.4 Å². The molecule has 1 N–H and O–H groups in total. The molecule has 7 heteroatoms. The molecule has 0 amide bonds. The van der Waals surface area contributed by atoms with Gasteiger partial charge in [-0.25, -0.2) is 9.97 Å². The summed E-state index contributed by atoms with van der Waals surface area (Å²) in [5.41, 5.74) is 2.44. The minimum absolute atomic E-state index is 0.0541. The first-order chi connectivity index (χ1) is 13.3. The Hall–Kier alpha value is -2.90. The van der Waals surface area contributed by atoms with E-state index in [0.717, 1.165) is 41.2 Å². The fourth-order valence-corrected chi connectivity index (χ4v) is 4.52. The Morgan fingerprint density at radius 2 is 2.15 bits per heavy atom. The highest BCUT2D eigenvalue weighted by Gasteiger charge is 2.22. The minimum atomic E-state index is -0.0541. The molecule has 5 rings (SSSR count). The second kappa shape index (κ2) is 6.68. The Morgan fingerprint density at radius 3 is 3.00 bits per heavy atom. The van der Waals surface area contributed by atoms with Crippen LogP contribution in [0.4, 0.5) is 0 Å². The van der Waals surface area contributed by atoms with Gasteiger partial charge in [0.2, 0.25) is 0 Å². The fourth-order valence-electron chi connectivity index (χ4n) is 3.48. The van der Waals surface area contributed by atoms with Gasteiger partial charge in [0, 0.05) is 60.5 Å². The van der Waals surface area contributed by atoms with Crippen molar-refractivity contribution in [1.29, 1.82) is 0 Å². The van der Waals surface area contributed by atoms with Crippen LogP contribution in [0.5, 0.6) is 0 Å². The third kappa shape index (κ3) is 3.15. The second-order valence-corrected chi connectivity index (χ2v) is 7.77. The first-order valence-electron chi connectivity index (χ1n) is 8.84. The van der Waals surface area contributed by atoms with Crippen LogP contribution in [0.2, 0.25) is 0 Å². The highest BCUT2D eigenvalue weighted by Crippen LogP contribution is 2.26. The first-order valence-corrected chi connectivity index (χ1v) is 9.66. The summed E-state index contributed by atoms with van der Waals surface area (Å²) in [6.45, 7) is 2.33. The van der Waals surface area contributed by atoms with Crippen LogP contribution in [-0.2, 0) is 19.5 Å². The molecule has 134 valence electrons. The van der Waals surface area contributed by atoms with E-state index in [-0.39, 0.29) is 5.56 Å². The van der Waals surface area contributed by atoms with Crippen molar-refractivity contribution in [2.24, 2.45) is 0 Å². The Bertz CT molecular complexity index is 1130. The van der Waals surface area contributed by atoms with Gasteiger partial charge in [0.25, 0.3) is 5.56 Å². The maximum Gasteiger partial charge on any atom is 0.255 e. The van der Waals surface area contributed by atoms with Gasteiger partial charge in [0.15, 0.2) is 0 Å². The maximum absolute atomic E-state index is 12.6. The summed E-state index contributed by atoms with van der Waals surface area (Å²) in [4.78, 5) is 33.4. The van der Waals surface area contributed by atoms with Crippen molar-refractivity contribution in [3.63, 3.8) is 0 Å². The zero-order chi connectivity index (χ0) is 18.2. The topological polar surface area (TPSA) is 74.8 Å². The number of nitrogens with zero attached hydrogens (tertiary/aromatic N) is 4. The molecule has 0 saturated carbocycles. The lowest BCUT2D eigenvalue weighted by Gasteiger charge is -2.27. The van der Waals surface area contributed by atoms with Crippen LogP contribution in [-0.4, -0.2) is 31.4 Å². The molecule has 0 spiro atoms. The molecule has 0 bridgehead atoms. The SMILES string of the molecule is O=c1[nH]c(-c2cccnc2)nc2c1CN(Cc1cc3cccnc3s1)CC2. The number of thiophene rings is 1. The third-order valence-electron chi connectivity index (χ3n) is 4.81. The molecule has 4 aromatic heterocycles. The van der Waals surface area contributed by atoms with E-state index in [9.17, 15) is 4.79 Å². The van der Waals surface area contributed by atoms with Gasteiger partial charge in [0.1, 0.15) is 10.7 Å². The lowest BCUT2D eigenvalue weighted by Crippen LogP contribution is -2.35. The molecular weight excluding hydrogens is 358 g/mol. The van der Waals surface area contributed by atoms with Gasteiger partial charge in [-0.05, 0) is 24.3 Å². The van der Waals surface area contributed by atoms with Gasteiger partial charge in [-0.1, -0.05) is 6.07 Å². The Labute approximate surface area is 159 Å². The summed E-state index contributed by atoms with van der Waals surface area (Å²) in [6, 6.07) is 9.98. The predicted octanol–water partition coefficient (Wildman–Crippen LogP) is 3.00. The highest BCUT2D eigenvalue weighted by molar-refractivity contribution is 7.18. The molecule has 27 heavy (non-hydrogen) atoms. The van der Waals surface area contributed by atoms with Gasteiger partial charge >= 0.3 is 0 Å². The summed E-state index contributed by atoms with van der Waals surface area (Å²) >= 11 is 1.71. The van der Waals surface area contributed by atoms with Crippen LogP contribution in [0.1, 0.15) is 16.1 Å². The van der Waals surface area contributed by atoms with E-state index in [4.69, 9.17) is 4.98 Å². The van der Waals surface area contributed by atoms with E-state index >= 15 is 0 Å². The number of aromatic nitrogens is 4. The normalized spacial score (nSPS) is 14.4. The van der Waals surface area contributed by atoms with Crippen molar-refractivity contribution in [2.45, 2.75) is 19.5 Å². The van der Waals surface area contributed by atoms with Crippen LogP contribution in [0.25, 0.3) is 21.6 Å². The molecule has 0 aromatic carbocycles. The van der Waals surface area contributed by atoms with Crippen molar-refractivity contribution in [1.82, 2.24) is 24.8 Å². The predicted molar refractivity (Wildman–Crippen MR) is 106 cm³/mol. The molecule has 6 nitrogen and oxygen atoms in total. The number of H-pyrrole nitrogens is 1. The monoisotopic (exact) mass is 375 g/mol. The highest BCUT2D eigenvalue weighted by atomic mass is 32.1. The van der Waals surface area contributed by atoms with Crippen LogP contribution in [0.3, 0.4) is 0 Å². The van der Waals surface area contributed by atoms with Gasteiger partial charge < -0.3 is 4.98 Å². The Morgan fingerprint density at radius 1 is 1.22 bits per heavy atom. The maximum atomic E-state index is 12.6. The molecule has 0 atom stereocenters. The van der Waals surface area contributed by atoms with E-state index < -0.39 is 0 Å². The molecule has 0 radical (unpaired) electrons. The number of nitrogens with one attached hydrogen (secondary N) is 1. The smallest absolute Gasteiger partial charge is 0.255 e. The average Bonchev–Trinajstić information content (AvgIpc) is 3.11. The summed E-state index contributed by atoms with van der Waals surface area (Å²) in [5, 5.41) is 1.18. The molecule has 4 aromatic rings. The third-order valence-corrected chi connectivity index (χ3v) is 5.85. The zero-order valence-electron chi connectivity index (χ0n) is 14.6. The molecular formula is C20H17N5OS. The minimum Gasteiger partial charge on any atom is -0.306 e. The lowest BCUT2D eigenvalue weighted by atomic mass is 10.1. The van der Waals surface area contributed by atoms with Crippen molar-refractivity contribution >= 4 is 21.6 Å². The number of hydrogen-bond acceptors (Lipinski definition) is 6. The van der Waals surface area contributed by atoms with E-state index in [1.807, 2.05) is 24.4 Å². The van der Waals surface area contributed by atoms with Gasteiger partial charge in [0.05, 0.1) is 11.3 Å². The van der Waals surface area contributed by atoms with E-state index in [1.54, 1.807) is 23.7 Å². The zero-order valence-corrected chi connectivity index (χ0v) is 15.4. The van der Waals surface area contributed by atoms with E-state index in [2.05, 4.69) is 32.0 Å². The van der Waals surface area contributed by atoms with E-state index in [1.165, 1.54) is 10.3 Å². The number of pyridine rings is 2. The summed E-state index contributed by atoms with van der Waals surface area (Å²) in [7, 11) is 0. The number of rotatable bonds is 3. The molecule has 0 fully saturated rings. The van der Waals surface area contributed by atoms with Gasteiger partial charge in [-0.2, -0.15) is 0 Å². The summed E-state index contributed by atoms with van der Waals surface area (Å²) in [6.07, 6.45) is 6.02. The van der Waals surface area contributed by atoms with Crippen LogP contribution < -0.4 is 5.56 Å². The van der Waals surface area contributed by atoms with Crippen molar-refractivity contribution in [2.75, 3.05) is 6.54 Å². The van der Waals surface area contributed by atoms with Gasteiger partial charge in [-0.15, -0.1) is 11.3 Å². The lowest BCUT2D eigenvalue weighted by molar-refractivity contribution is 0.244. The molecule has 5 heterocycles.